The van der Waals surface area contributed by atoms with E-state index in [1.807, 2.05) is 6.92 Å². The number of carbonyl (C=O) groups excluding carboxylic acids is 2. The molecule has 0 saturated carbocycles. The Morgan fingerprint density at radius 1 is 1.39 bits per heavy atom. The summed E-state index contributed by atoms with van der Waals surface area (Å²) >= 11 is 0. The van der Waals surface area contributed by atoms with Gasteiger partial charge in [0.25, 0.3) is 5.91 Å². The smallest absolute Gasteiger partial charge is 0.252 e. The monoisotopic (exact) mass is 320 g/mol. The second-order valence-corrected chi connectivity index (χ2v) is 5.67. The summed E-state index contributed by atoms with van der Waals surface area (Å²) in [5, 5.41) is 2.84. The van der Waals surface area contributed by atoms with Crippen LogP contribution in [-0.2, 0) is 20.7 Å². The Labute approximate surface area is 136 Å². The fourth-order valence-corrected chi connectivity index (χ4v) is 2.68. The van der Waals surface area contributed by atoms with E-state index in [-0.39, 0.29) is 18.4 Å². The average Bonchev–Trinajstić information content (AvgIpc) is 2.71. The van der Waals surface area contributed by atoms with Gasteiger partial charge in [0, 0.05) is 39.0 Å². The number of aromatic nitrogens is 2. The second kappa shape index (κ2) is 8.57. The molecule has 2 rings (SSSR count). The van der Waals surface area contributed by atoms with Crippen molar-refractivity contribution in [3.63, 3.8) is 0 Å². The Kier molecular flexibility index (Phi) is 6.46. The first kappa shape index (κ1) is 17.3. The highest BCUT2D eigenvalue weighted by Gasteiger charge is 2.27. The molecule has 1 atom stereocenters. The van der Waals surface area contributed by atoms with E-state index in [0.717, 1.165) is 30.7 Å². The Bertz CT molecular complexity index is 550. The lowest BCUT2D eigenvalue weighted by atomic mass is 10.2. The van der Waals surface area contributed by atoms with Gasteiger partial charge in [0.2, 0.25) is 5.91 Å². The van der Waals surface area contributed by atoms with E-state index in [9.17, 15) is 9.59 Å². The van der Waals surface area contributed by atoms with E-state index in [2.05, 4.69) is 15.3 Å². The molecular formula is C16H24N4O3. The SMILES string of the molecule is COC1CCCCN(CC(=O)NCCc2nccnc2C)C1=O. The maximum Gasteiger partial charge on any atom is 0.252 e. The maximum absolute atomic E-state index is 12.3. The lowest BCUT2D eigenvalue weighted by Crippen LogP contribution is -2.45. The molecule has 1 aromatic rings. The molecule has 0 spiro atoms. The van der Waals surface area contributed by atoms with Gasteiger partial charge in [0.15, 0.2) is 0 Å². The molecule has 7 heteroatoms. The van der Waals surface area contributed by atoms with Crippen molar-refractivity contribution in [1.82, 2.24) is 20.2 Å². The molecule has 1 aromatic heterocycles. The fourth-order valence-electron chi connectivity index (χ4n) is 2.68. The summed E-state index contributed by atoms with van der Waals surface area (Å²) in [5.74, 6) is -0.249. The number of methoxy groups -OCH3 is 1. The minimum atomic E-state index is -0.424. The number of carbonyl (C=O) groups is 2. The number of likely N-dealkylation sites (tertiary alicyclic amines) is 1. The van der Waals surface area contributed by atoms with E-state index in [1.165, 1.54) is 7.11 Å². The number of nitrogens with one attached hydrogen (secondary N) is 1. The van der Waals surface area contributed by atoms with Crippen LogP contribution in [0.5, 0.6) is 0 Å². The lowest BCUT2D eigenvalue weighted by molar-refractivity contribution is -0.144. The third-order valence-electron chi connectivity index (χ3n) is 4.02. The summed E-state index contributed by atoms with van der Waals surface area (Å²) in [5.41, 5.74) is 1.74. The maximum atomic E-state index is 12.3. The van der Waals surface area contributed by atoms with E-state index in [0.29, 0.717) is 19.5 Å². The average molecular weight is 320 g/mol. The van der Waals surface area contributed by atoms with Gasteiger partial charge in [-0.2, -0.15) is 0 Å². The third-order valence-corrected chi connectivity index (χ3v) is 4.02. The second-order valence-electron chi connectivity index (χ2n) is 5.67. The number of hydrogen-bond donors (Lipinski definition) is 1. The minimum Gasteiger partial charge on any atom is -0.372 e. The number of aryl methyl sites for hydroxylation is 1. The number of hydrogen-bond acceptors (Lipinski definition) is 5. The highest BCUT2D eigenvalue weighted by atomic mass is 16.5. The van der Waals surface area contributed by atoms with Gasteiger partial charge < -0.3 is 15.0 Å². The van der Waals surface area contributed by atoms with Gasteiger partial charge in [0.05, 0.1) is 17.9 Å². The first-order valence-corrected chi connectivity index (χ1v) is 7.96. The molecule has 2 heterocycles. The van der Waals surface area contributed by atoms with E-state index in [4.69, 9.17) is 4.74 Å². The molecule has 126 valence electrons. The predicted octanol–water partition coefficient (Wildman–Crippen LogP) is 0.471. The topological polar surface area (TPSA) is 84.4 Å². The van der Waals surface area contributed by atoms with Crippen molar-refractivity contribution in [3.05, 3.63) is 23.8 Å². The van der Waals surface area contributed by atoms with Gasteiger partial charge in [0.1, 0.15) is 6.10 Å². The number of amides is 2. The van der Waals surface area contributed by atoms with E-state index >= 15 is 0 Å². The molecule has 0 radical (unpaired) electrons. The molecule has 1 aliphatic rings. The van der Waals surface area contributed by atoms with Gasteiger partial charge in [-0.1, -0.05) is 0 Å². The molecule has 1 N–H and O–H groups in total. The molecule has 1 unspecified atom stereocenters. The minimum absolute atomic E-state index is 0.0815. The molecule has 23 heavy (non-hydrogen) atoms. The summed E-state index contributed by atoms with van der Waals surface area (Å²) < 4.78 is 5.21. The summed E-state index contributed by atoms with van der Waals surface area (Å²) in [6.45, 7) is 3.06. The van der Waals surface area contributed by atoms with Crippen molar-refractivity contribution < 1.29 is 14.3 Å². The summed E-state index contributed by atoms with van der Waals surface area (Å²) in [7, 11) is 1.54. The fraction of sp³-hybridized carbons (Fsp3) is 0.625. The molecule has 1 aliphatic heterocycles. The van der Waals surface area contributed by atoms with Crippen LogP contribution < -0.4 is 5.32 Å². The molecule has 1 fully saturated rings. The normalized spacial score (nSPS) is 18.6. The highest BCUT2D eigenvalue weighted by Crippen LogP contribution is 2.14. The summed E-state index contributed by atoms with van der Waals surface area (Å²) in [6.07, 6.45) is 6.05. The van der Waals surface area contributed by atoms with Crippen LogP contribution >= 0.6 is 0 Å². The van der Waals surface area contributed by atoms with Crippen LogP contribution in [0.1, 0.15) is 30.7 Å². The van der Waals surface area contributed by atoms with Crippen LogP contribution in [0, 0.1) is 6.92 Å². The largest absolute Gasteiger partial charge is 0.372 e. The molecule has 0 aliphatic carbocycles. The Morgan fingerprint density at radius 2 is 2.17 bits per heavy atom. The lowest BCUT2D eigenvalue weighted by Gasteiger charge is -2.23. The van der Waals surface area contributed by atoms with Gasteiger partial charge in [-0.25, -0.2) is 0 Å². The van der Waals surface area contributed by atoms with Crippen molar-refractivity contribution in [3.8, 4) is 0 Å². The molecule has 0 bridgehead atoms. The zero-order valence-corrected chi connectivity index (χ0v) is 13.7. The quantitative estimate of drug-likeness (QED) is 0.824. The van der Waals surface area contributed by atoms with Crippen molar-refractivity contribution in [2.75, 3.05) is 26.7 Å². The van der Waals surface area contributed by atoms with Crippen LogP contribution in [0.25, 0.3) is 0 Å². The molecular weight excluding hydrogens is 296 g/mol. The Morgan fingerprint density at radius 3 is 2.91 bits per heavy atom. The van der Waals surface area contributed by atoms with Crippen LogP contribution in [0.3, 0.4) is 0 Å². The Balaban J connectivity index is 1.79. The molecule has 1 saturated heterocycles. The van der Waals surface area contributed by atoms with E-state index < -0.39 is 6.10 Å². The highest BCUT2D eigenvalue weighted by molar-refractivity contribution is 5.87. The van der Waals surface area contributed by atoms with Gasteiger partial charge in [-0.3, -0.25) is 19.6 Å². The van der Waals surface area contributed by atoms with Crippen molar-refractivity contribution in [2.24, 2.45) is 0 Å². The van der Waals surface area contributed by atoms with Crippen LogP contribution in [0.2, 0.25) is 0 Å². The molecule has 0 aromatic carbocycles. The number of rotatable bonds is 6. The zero-order chi connectivity index (χ0) is 16.7. The third kappa shape index (κ3) is 4.99. The first-order valence-electron chi connectivity index (χ1n) is 7.96. The Hall–Kier alpha value is -2.02. The number of nitrogens with zero attached hydrogens (tertiary/aromatic N) is 3. The number of ether oxygens (including phenoxy) is 1. The van der Waals surface area contributed by atoms with Crippen LogP contribution in [0.4, 0.5) is 0 Å². The molecule has 7 nitrogen and oxygen atoms in total. The van der Waals surface area contributed by atoms with Crippen LogP contribution in [-0.4, -0.2) is 59.5 Å². The van der Waals surface area contributed by atoms with Crippen molar-refractivity contribution >= 4 is 11.8 Å². The van der Waals surface area contributed by atoms with Gasteiger partial charge in [-0.05, 0) is 26.2 Å². The summed E-state index contributed by atoms with van der Waals surface area (Å²) in [6, 6.07) is 0. The van der Waals surface area contributed by atoms with Crippen molar-refractivity contribution in [1.29, 1.82) is 0 Å². The summed E-state index contributed by atoms with van der Waals surface area (Å²) in [4.78, 5) is 34.3. The predicted molar refractivity (Wildman–Crippen MR) is 84.7 cm³/mol. The van der Waals surface area contributed by atoms with Gasteiger partial charge in [-0.15, -0.1) is 0 Å². The zero-order valence-electron chi connectivity index (χ0n) is 13.7. The van der Waals surface area contributed by atoms with Crippen molar-refractivity contribution in [2.45, 2.75) is 38.7 Å². The first-order chi connectivity index (χ1) is 11.1. The van der Waals surface area contributed by atoms with E-state index in [1.54, 1.807) is 17.3 Å². The standard InChI is InChI=1S/C16H24N4O3/c1-12-13(18-9-8-17-12)6-7-19-15(21)11-20-10-4-3-5-14(23-2)16(20)22/h8-9,14H,3-7,10-11H2,1-2H3,(H,19,21). The molecule has 2 amide bonds. The van der Waals surface area contributed by atoms with Crippen LogP contribution in [0.15, 0.2) is 12.4 Å². The van der Waals surface area contributed by atoms with Gasteiger partial charge >= 0.3 is 0 Å².